The number of aryl methyl sites for hydroxylation is 2. The van der Waals surface area contributed by atoms with Crippen LogP contribution in [-0.4, -0.2) is 15.0 Å². The average Bonchev–Trinajstić information content (AvgIpc) is 2.94. The number of nitrogens with one attached hydrogen (secondary N) is 1. The van der Waals surface area contributed by atoms with Crippen LogP contribution in [-0.2, 0) is 6.42 Å². The maximum absolute atomic E-state index is 5.41. The molecule has 86 valence electrons. The molecular weight excluding hydrogens is 214 g/mol. The lowest BCUT2D eigenvalue weighted by Gasteiger charge is -1.94. The van der Waals surface area contributed by atoms with Crippen LogP contribution < -0.4 is 0 Å². The summed E-state index contributed by atoms with van der Waals surface area (Å²) in [6.07, 6.45) is 4.33. The van der Waals surface area contributed by atoms with Crippen LogP contribution in [0.15, 0.2) is 29.0 Å². The number of furan rings is 1. The van der Waals surface area contributed by atoms with E-state index in [0.717, 1.165) is 40.3 Å². The number of hydrogen-bond acceptors (Lipinski definition) is 3. The molecule has 0 saturated carbocycles. The SMILES string of the molecule is CCc1occc1-c1nc2nccc(C)c2[nH]1. The lowest BCUT2D eigenvalue weighted by Crippen LogP contribution is -1.83. The smallest absolute Gasteiger partial charge is 0.178 e. The van der Waals surface area contributed by atoms with Crippen LogP contribution in [0, 0.1) is 6.92 Å². The second-order valence-electron chi connectivity index (χ2n) is 4.02. The number of rotatable bonds is 2. The number of hydrogen-bond donors (Lipinski definition) is 1. The highest BCUT2D eigenvalue weighted by molar-refractivity contribution is 5.79. The maximum atomic E-state index is 5.41. The van der Waals surface area contributed by atoms with Crippen LogP contribution in [0.25, 0.3) is 22.6 Å². The molecule has 0 fully saturated rings. The van der Waals surface area contributed by atoms with Crippen molar-refractivity contribution in [2.75, 3.05) is 0 Å². The topological polar surface area (TPSA) is 54.7 Å². The molecule has 0 aliphatic carbocycles. The van der Waals surface area contributed by atoms with Gasteiger partial charge in [-0.25, -0.2) is 9.97 Å². The van der Waals surface area contributed by atoms with E-state index >= 15 is 0 Å². The minimum Gasteiger partial charge on any atom is -0.469 e. The van der Waals surface area contributed by atoms with Gasteiger partial charge in [0.15, 0.2) is 5.65 Å². The second-order valence-corrected chi connectivity index (χ2v) is 4.02. The van der Waals surface area contributed by atoms with Crippen molar-refractivity contribution < 1.29 is 4.42 Å². The summed E-state index contributed by atoms with van der Waals surface area (Å²) < 4.78 is 5.41. The molecule has 0 amide bonds. The number of aromatic nitrogens is 3. The van der Waals surface area contributed by atoms with Crippen LogP contribution >= 0.6 is 0 Å². The van der Waals surface area contributed by atoms with Crippen LogP contribution in [0.5, 0.6) is 0 Å². The Kier molecular flexibility index (Phi) is 2.21. The van der Waals surface area contributed by atoms with Crippen molar-refractivity contribution in [3.63, 3.8) is 0 Å². The summed E-state index contributed by atoms with van der Waals surface area (Å²) in [5.41, 5.74) is 3.91. The van der Waals surface area contributed by atoms with Gasteiger partial charge in [-0.3, -0.25) is 0 Å². The van der Waals surface area contributed by atoms with E-state index in [0.29, 0.717) is 0 Å². The molecule has 4 nitrogen and oxygen atoms in total. The van der Waals surface area contributed by atoms with Crippen molar-refractivity contribution in [1.82, 2.24) is 15.0 Å². The first kappa shape index (κ1) is 10.1. The first-order chi connectivity index (χ1) is 8.29. The van der Waals surface area contributed by atoms with Gasteiger partial charge >= 0.3 is 0 Å². The quantitative estimate of drug-likeness (QED) is 0.731. The Morgan fingerprint density at radius 2 is 2.24 bits per heavy atom. The fourth-order valence-corrected chi connectivity index (χ4v) is 1.99. The molecule has 3 aromatic heterocycles. The number of fused-ring (bicyclic) bond motifs is 1. The van der Waals surface area contributed by atoms with E-state index in [-0.39, 0.29) is 0 Å². The van der Waals surface area contributed by atoms with Crippen molar-refractivity contribution >= 4 is 11.2 Å². The van der Waals surface area contributed by atoms with Gasteiger partial charge in [0.05, 0.1) is 17.3 Å². The summed E-state index contributed by atoms with van der Waals surface area (Å²) in [5, 5.41) is 0. The predicted octanol–water partition coefficient (Wildman–Crippen LogP) is 3.09. The highest BCUT2D eigenvalue weighted by Gasteiger charge is 2.12. The van der Waals surface area contributed by atoms with Gasteiger partial charge in [0.2, 0.25) is 0 Å². The molecule has 4 heteroatoms. The molecule has 3 heterocycles. The van der Waals surface area contributed by atoms with Crippen LogP contribution in [0.1, 0.15) is 18.2 Å². The third-order valence-corrected chi connectivity index (χ3v) is 2.92. The minimum atomic E-state index is 0.753. The van der Waals surface area contributed by atoms with Gasteiger partial charge in [-0.1, -0.05) is 6.92 Å². The number of aromatic amines is 1. The Morgan fingerprint density at radius 1 is 1.35 bits per heavy atom. The Hall–Kier alpha value is -2.10. The number of nitrogens with zero attached hydrogens (tertiary/aromatic N) is 2. The fraction of sp³-hybridized carbons (Fsp3) is 0.231. The van der Waals surface area contributed by atoms with Gasteiger partial charge in [0.25, 0.3) is 0 Å². The van der Waals surface area contributed by atoms with E-state index in [4.69, 9.17) is 4.42 Å². The zero-order chi connectivity index (χ0) is 11.8. The normalized spacial score (nSPS) is 11.2. The molecule has 0 unspecified atom stereocenters. The molecule has 0 radical (unpaired) electrons. The minimum absolute atomic E-state index is 0.753. The van der Waals surface area contributed by atoms with Gasteiger partial charge < -0.3 is 9.40 Å². The van der Waals surface area contributed by atoms with Crippen molar-refractivity contribution in [1.29, 1.82) is 0 Å². The van der Waals surface area contributed by atoms with Crippen molar-refractivity contribution in [2.24, 2.45) is 0 Å². The van der Waals surface area contributed by atoms with Crippen molar-refractivity contribution in [2.45, 2.75) is 20.3 Å². The van der Waals surface area contributed by atoms with Gasteiger partial charge in [0, 0.05) is 12.6 Å². The van der Waals surface area contributed by atoms with Gasteiger partial charge in [-0.05, 0) is 24.6 Å². The molecule has 0 atom stereocenters. The Balaban J connectivity index is 2.22. The standard InChI is InChI=1S/C13H13N3O/c1-3-10-9(5-7-17-10)12-15-11-8(2)4-6-14-13(11)16-12/h4-7H,3H2,1-2H3,(H,14,15,16). The largest absolute Gasteiger partial charge is 0.469 e. The molecule has 0 bridgehead atoms. The molecule has 0 aliphatic rings. The molecule has 3 rings (SSSR count). The summed E-state index contributed by atoms with van der Waals surface area (Å²) in [4.78, 5) is 12.1. The summed E-state index contributed by atoms with van der Waals surface area (Å²) >= 11 is 0. The van der Waals surface area contributed by atoms with E-state index in [9.17, 15) is 0 Å². The third-order valence-electron chi connectivity index (χ3n) is 2.92. The average molecular weight is 227 g/mol. The number of pyridine rings is 1. The number of H-pyrrole nitrogens is 1. The molecule has 17 heavy (non-hydrogen) atoms. The Bertz CT molecular complexity index is 666. The van der Waals surface area contributed by atoms with Crippen molar-refractivity contribution in [3.05, 3.63) is 35.9 Å². The molecule has 3 aromatic rings. The van der Waals surface area contributed by atoms with Gasteiger partial charge in [-0.2, -0.15) is 0 Å². The molecule has 0 aliphatic heterocycles. The summed E-state index contributed by atoms with van der Waals surface area (Å²) in [5.74, 6) is 1.77. The molecule has 0 spiro atoms. The van der Waals surface area contributed by atoms with Gasteiger partial charge in [-0.15, -0.1) is 0 Å². The van der Waals surface area contributed by atoms with E-state index < -0.39 is 0 Å². The fourth-order valence-electron chi connectivity index (χ4n) is 1.99. The third kappa shape index (κ3) is 1.53. The van der Waals surface area contributed by atoms with E-state index in [2.05, 4.69) is 21.9 Å². The lowest BCUT2D eigenvalue weighted by atomic mass is 10.2. The molecule has 0 saturated heterocycles. The zero-order valence-electron chi connectivity index (χ0n) is 9.82. The number of imidazole rings is 1. The lowest BCUT2D eigenvalue weighted by molar-refractivity contribution is 0.517. The summed E-state index contributed by atoms with van der Waals surface area (Å²) in [6.45, 7) is 4.11. The monoisotopic (exact) mass is 227 g/mol. The molecule has 1 N–H and O–H groups in total. The van der Waals surface area contributed by atoms with Crippen LogP contribution in [0.2, 0.25) is 0 Å². The van der Waals surface area contributed by atoms with Crippen molar-refractivity contribution in [3.8, 4) is 11.4 Å². The first-order valence-corrected chi connectivity index (χ1v) is 5.67. The second kappa shape index (κ2) is 3.73. The molecule has 0 aromatic carbocycles. The summed E-state index contributed by atoms with van der Waals surface area (Å²) in [7, 11) is 0. The Labute approximate surface area is 98.7 Å². The highest BCUT2D eigenvalue weighted by Crippen LogP contribution is 2.25. The van der Waals surface area contributed by atoms with Gasteiger partial charge in [0.1, 0.15) is 11.6 Å². The van der Waals surface area contributed by atoms with E-state index in [1.54, 1.807) is 12.5 Å². The summed E-state index contributed by atoms with van der Waals surface area (Å²) in [6, 6.07) is 3.91. The highest BCUT2D eigenvalue weighted by atomic mass is 16.3. The first-order valence-electron chi connectivity index (χ1n) is 5.67. The maximum Gasteiger partial charge on any atom is 0.178 e. The van der Waals surface area contributed by atoms with Crippen LogP contribution in [0.3, 0.4) is 0 Å². The predicted molar refractivity (Wildman–Crippen MR) is 65.7 cm³/mol. The Morgan fingerprint density at radius 3 is 3.00 bits per heavy atom. The zero-order valence-corrected chi connectivity index (χ0v) is 9.82. The van der Waals surface area contributed by atoms with E-state index in [1.807, 2.05) is 19.1 Å². The molecular formula is C13H13N3O. The van der Waals surface area contributed by atoms with Crippen LogP contribution in [0.4, 0.5) is 0 Å². The van der Waals surface area contributed by atoms with E-state index in [1.165, 1.54) is 0 Å².